The van der Waals surface area contributed by atoms with Crippen molar-refractivity contribution in [2.45, 2.75) is 40.2 Å². The Morgan fingerprint density at radius 3 is 2.53 bits per heavy atom. The van der Waals surface area contributed by atoms with Crippen LogP contribution >= 0.6 is 0 Å². The number of nitrogens with one attached hydrogen (secondary N) is 1. The van der Waals surface area contributed by atoms with Gasteiger partial charge in [-0.1, -0.05) is 32.0 Å². The fraction of sp³-hybridized carbons (Fsp3) is 0.647. The lowest BCUT2D eigenvalue weighted by Gasteiger charge is -2.34. The molecular formula is C17H28N2. The van der Waals surface area contributed by atoms with Crippen LogP contribution in [0.3, 0.4) is 0 Å². The fourth-order valence-corrected chi connectivity index (χ4v) is 3.11. The van der Waals surface area contributed by atoms with Crippen molar-refractivity contribution < 1.29 is 0 Å². The van der Waals surface area contributed by atoms with Gasteiger partial charge in [-0.15, -0.1) is 0 Å². The molecule has 0 spiro atoms. The first kappa shape index (κ1) is 14.5. The number of rotatable bonds is 3. The lowest BCUT2D eigenvalue weighted by atomic mass is 9.92. The highest BCUT2D eigenvalue weighted by molar-refractivity contribution is 5.32. The molecule has 0 saturated carbocycles. The SMILES string of the molecule is Cc1ccc(C(C(C)C)N2CCCNCC2)cc1C. The molecule has 106 valence electrons. The van der Waals surface area contributed by atoms with Crippen LogP contribution < -0.4 is 5.32 Å². The number of hydrogen-bond acceptors (Lipinski definition) is 2. The van der Waals surface area contributed by atoms with Crippen LogP contribution in [0.4, 0.5) is 0 Å². The molecule has 1 aliphatic rings. The summed E-state index contributed by atoms with van der Waals surface area (Å²) in [7, 11) is 0. The second-order valence-electron chi connectivity index (χ2n) is 6.17. The van der Waals surface area contributed by atoms with Crippen molar-refractivity contribution in [1.29, 1.82) is 0 Å². The quantitative estimate of drug-likeness (QED) is 0.897. The van der Waals surface area contributed by atoms with Gasteiger partial charge in [0.2, 0.25) is 0 Å². The summed E-state index contributed by atoms with van der Waals surface area (Å²) in [4.78, 5) is 2.66. The van der Waals surface area contributed by atoms with Crippen LogP contribution in [0.1, 0.15) is 43.0 Å². The minimum absolute atomic E-state index is 0.555. The van der Waals surface area contributed by atoms with Crippen LogP contribution in [-0.4, -0.2) is 31.1 Å². The molecule has 1 unspecified atom stereocenters. The maximum atomic E-state index is 3.50. The Morgan fingerprint density at radius 2 is 1.84 bits per heavy atom. The normalized spacial score (nSPS) is 19.4. The smallest absolute Gasteiger partial charge is 0.0371 e. The first-order valence-corrected chi connectivity index (χ1v) is 7.61. The van der Waals surface area contributed by atoms with E-state index in [1.807, 2.05) is 0 Å². The minimum Gasteiger partial charge on any atom is -0.315 e. The summed E-state index contributed by atoms with van der Waals surface area (Å²) in [6, 6.07) is 7.54. The Morgan fingerprint density at radius 1 is 1.05 bits per heavy atom. The van der Waals surface area contributed by atoms with Gasteiger partial charge in [0, 0.05) is 25.7 Å². The predicted molar refractivity (Wildman–Crippen MR) is 82.6 cm³/mol. The summed E-state index contributed by atoms with van der Waals surface area (Å²) in [5, 5.41) is 3.50. The molecule has 0 bridgehead atoms. The van der Waals surface area contributed by atoms with Gasteiger partial charge in [-0.25, -0.2) is 0 Å². The highest BCUT2D eigenvalue weighted by Crippen LogP contribution is 2.30. The molecule has 2 heteroatoms. The van der Waals surface area contributed by atoms with Gasteiger partial charge in [-0.05, 0) is 49.4 Å². The summed E-state index contributed by atoms with van der Waals surface area (Å²) in [5.41, 5.74) is 4.29. The molecular weight excluding hydrogens is 232 g/mol. The molecule has 1 atom stereocenters. The minimum atomic E-state index is 0.555. The van der Waals surface area contributed by atoms with Crippen LogP contribution in [0, 0.1) is 19.8 Å². The molecule has 0 amide bonds. The van der Waals surface area contributed by atoms with Crippen LogP contribution in [-0.2, 0) is 0 Å². The van der Waals surface area contributed by atoms with Crippen molar-refractivity contribution in [3.05, 3.63) is 34.9 Å². The van der Waals surface area contributed by atoms with E-state index >= 15 is 0 Å². The van der Waals surface area contributed by atoms with E-state index in [9.17, 15) is 0 Å². The molecule has 1 aliphatic heterocycles. The Kier molecular flexibility index (Phi) is 5.00. The number of benzene rings is 1. The van der Waals surface area contributed by atoms with Crippen LogP contribution in [0.25, 0.3) is 0 Å². The Bertz CT molecular complexity index is 404. The van der Waals surface area contributed by atoms with Gasteiger partial charge in [0.25, 0.3) is 0 Å². The standard InChI is InChI=1S/C17H28N2/c1-13(2)17(19-10-5-8-18-9-11-19)16-7-6-14(3)15(4)12-16/h6-7,12-13,17-18H,5,8-11H2,1-4H3. The van der Waals surface area contributed by atoms with Gasteiger partial charge < -0.3 is 5.32 Å². The number of aryl methyl sites for hydroxylation is 2. The maximum absolute atomic E-state index is 3.50. The Balaban J connectivity index is 2.25. The molecule has 19 heavy (non-hydrogen) atoms. The predicted octanol–water partition coefficient (Wildman–Crippen LogP) is 3.30. The third-order valence-electron chi connectivity index (χ3n) is 4.27. The molecule has 1 aromatic rings. The lowest BCUT2D eigenvalue weighted by molar-refractivity contribution is 0.165. The fourth-order valence-electron chi connectivity index (χ4n) is 3.11. The van der Waals surface area contributed by atoms with Crippen LogP contribution in [0.2, 0.25) is 0 Å². The van der Waals surface area contributed by atoms with Crippen LogP contribution in [0.15, 0.2) is 18.2 Å². The molecule has 2 nitrogen and oxygen atoms in total. The first-order valence-electron chi connectivity index (χ1n) is 7.61. The molecule has 1 fully saturated rings. The molecule has 2 rings (SSSR count). The monoisotopic (exact) mass is 260 g/mol. The van der Waals surface area contributed by atoms with E-state index in [0.717, 1.165) is 19.6 Å². The molecule has 1 saturated heterocycles. The lowest BCUT2D eigenvalue weighted by Crippen LogP contribution is -2.35. The first-order chi connectivity index (χ1) is 9.09. The van der Waals surface area contributed by atoms with E-state index in [4.69, 9.17) is 0 Å². The Hall–Kier alpha value is -0.860. The van der Waals surface area contributed by atoms with Crippen LogP contribution in [0.5, 0.6) is 0 Å². The molecule has 1 heterocycles. The van der Waals surface area contributed by atoms with Crippen molar-refractivity contribution >= 4 is 0 Å². The molecule has 0 radical (unpaired) electrons. The Labute approximate surface area is 118 Å². The van der Waals surface area contributed by atoms with E-state index < -0.39 is 0 Å². The molecule has 0 aliphatic carbocycles. The zero-order valence-electron chi connectivity index (χ0n) is 12.9. The van der Waals surface area contributed by atoms with Crippen molar-refractivity contribution in [2.75, 3.05) is 26.2 Å². The summed E-state index contributed by atoms with van der Waals surface area (Å²) in [6.07, 6.45) is 1.26. The van der Waals surface area contributed by atoms with E-state index in [1.165, 1.54) is 29.7 Å². The van der Waals surface area contributed by atoms with Gasteiger partial charge in [-0.2, -0.15) is 0 Å². The summed E-state index contributed by atoms with van der Waals surface area (Å²) in [5.74, 6) is 0.653. The van der Waals surface area contributed by atoms with Gasteiger partial charge in [0.1, 0.15) is 0 Å². The van der Waals surface area contributed by atoms with Crippen molar-refractivity contribution in [1.82, 2.24) is 10.2 Å². The molecule has 1 aromatic carbocycles. The third-order valence-corrected chi connectivity index (χ3v) is 4.27. The van der Waals surface area contributed by atoms with E-state index in [-0.39, 0.29) is 0 Å². The highest BCUT2D eigenvalue weighted by Gasteiger charge is 2.24. The van der Waals surface area contributed by atoms with Crippen molar-refractivity contribution in [3.8, 4) is 0 Å². The third kappa shape index (κ3) is 3.58. The van der Waals surface area contributed by atoms with Crippen molar-refractivity contribution in [2.24, 2.45) is 5.92 Å². The average molecular weight is 260 g/mol. The molecule has 0 aromatic heterocycles. The van der Waals surface area contributed by atoms with E-state index in [2.05, 4.69) is 56.1 Å². The van der Waals surface area contributed by atoms with Crippen molar-refractivity contribution in [3.63, 3.8) is 0 Å². The largest absolute Gasteiger partial charge is 0.315 e. The highest BCUT2D eigenvalue weighted by atomic mass is 15.2. The van der Waals surface area contributed by atoms with Gasteiger partial charge in [-0.3, -0.25) is 4.90 Å². The maximum Gasteiger partial charge on any atom is 0.0371 e. The zero-order valence-corrected chi connectivity index (χ0v) is 12.9. The summed E-state index contributed by atoms with van der Waals surface area (Å²) < 4.78 is 0. The second kappa shape index (κ2) is 6.53. The van der Waals surface area contributed by atoms with Gasteiger partial charge in [0.15, 0.2) is 0 Å². The van der Waals surface area contributed by atoms with E-state index in [0.29, 0.717) is 12.0 Å². The molecule has 1 N–H and O–H groups in total. The zero-order chi connectivity index (χ0) is 13.8. The average Bonchev–Trinajstić information content (AvgIpc) is 2.62. The second-order valence-corrected chi connectivity index (χ2v) is 6.17. The number of nitrogens with zero attached hydrogens (tertiary/aromatic N) is 1. The summed E-state index contributed by atoms with van der Waals surface area (Å²) >= 11 is 0. The topological polar surface area (TPSA) is 15.3 Å². The van der Waals surface area contributed by atoms with Gasteiger partial charge >= 0.3 is 0 Å². The van der Waals surface area contributed by atoms with Gasteiger partial charge in [0.05, 0.1) is 0 Å². The number of hydrogen-bond donors (Lipinski definition) is 1. The summed E-state index contributed by atoms with van der Waals surface area (Å²) in [6.45, 7) is 13.8. The van der Waals surface area contributed by atoms with E-state index in [1.54, 1.807) is 0 Å².